The van der Waals surface area contributed by atoms with E-state index in [4.69, 9.17) is 0 Å². The maximum absolute atomic E-state index is 3.44. The van der Waals surface area contributed by atoms with Crippen LogP contribution in [-0.4, -0.2) is 11.0 Å². The van der Waals surface area contributed by atoms with Crippen LogP contribution in [0.4, 0.5) is 0 Å². The Kier molecular flexibility index (Phi) is 5.79. The monoisotopic (exact) mass is 359 g/mol. The molecule has 1 heterocycles. The molecular weight excluding hydrogens is 349 g/mol. The smallest absolute Gasteiger partial charge is 0.0300 e. The fourth-order valence-electron chi connectivity index (χ4n) is 0.850. The van der Waals surface area contributed by atoms with Gasteiger partial charge in [0.25, 0.3) is 0 Å². The molecule has 0 fully saturated rings. The zero-order valence-corrected chi connectivity index (χ0v) is 11.2. The Hall–Kier alpha value is 0.870. The summed E-state index contributed by atoms with van der Waals surface area (Å²) in [5, 5.41) is 5.52. The van der Waals surface area contributed by atoms with E-state index in [-0.39, 0.29) is 0 Å². The van der Waals surface area contributed by atoms with Crippen LogP contribution in [-0.2, 0) is 6.54 Å². The van der Waals surface area contributed by atoms with Crippen LogP contribution in [0.5, 0.6) is 0 Å². The summed E-state index contributed by atoms with van der Waals surface area (Å²) in [5.74, 6) is 0. The van der Waals surface area contributed by atoms with E-state index in [0.717, 1.165) is 13.1 Å². The van der Waals surface area contributed by atoms with Crippen LogP contribution in [0.1, 0.15) is 11.3 Å². The third-order valence-corrected chi connectivity index (χ3v) is 3.87. The molecule has 0 saturated heterocycles. The summed E-state index contributed by atoms with van der Waals surface area (Å²) in [6, 6.07) is 2.17. The molecule has 1 nitrogen and oxygen atoms in total. The summed E-state index contributed by atoms with van der Waals surface area (Å²) in [6.45, 7) is 2.13. The first-order valence-corrected chi connectivity index (χ1v) is 7.02. The van der Waals surface area contributed by atoms with E-state index in [2.05, 4.69) is 55.3 Å². The van der Waals surface area contributed by atoms with Crippen molar-refractivity contribution in [2.24, 2.45) is 0 Å². The predicted molar refractivity (Wildman–Crippen MR) is 67.2 cm³/mol. The standard InChI is InChI=1S/C8H11BrINS/c9-7-4-8(12-6-7)5-11-3-1-2-10/h4,6,11H,1-3,5H2. The van der Waals surface area contributed by atoms with Gasteiger partial charge in [0.2, 0.25) is 0 Å². The molecule has 1 aromatic rings. The highest BCUT2D eigenvalue weighted by atomic mass is 127. The Balaban J connectivity index is 2.15. The van der Waals surface area contributed by atoms with Crippen LogP contribution in [0.25, 0.3) is 0 Å². The van der Waals surface area contributed by atoms with Crippen LogP contribution in [0.2, 0.25) is 0 Å². The number of rotatable bonds is 5. The zero-order chi connectivity index (χ0) is 8.81. The number of alkyl halides is 1. The van der Waals surface area contributed by atoms with Crippen LogP contribution >= 0.6 is 49.9 Å². The van der Waals surface area contributed by atoms with E-state index >= 15 is 0 Å². The van der Waals surface area contributed by atoms with Crippen molar-refractivity contribution in [1.82, 2.24) is 5.32 Å². The topological polar surface area (TPSA) is 12.0 Å². The second-order valence-corrected chi connectivity index (χ2v) is 5.44. The van der Waals surface area contributed by atoms with Crippen molar-refractivity contribution >= 4 is 49.9 Å². The van der Waals surface area contributed by atoms with Gasteiger partial charge >= 0.3 is 0 Å². The van der Waals surface area contributed by atoms with Gasteiger partial charge in [0.05, 0.1) is 0 Å². The van der Waals surface area contributed by atoms with Gasteiger partial charge in [-0.2, -0.15) is 0 Å². The van der Waals surface area contributed by atoms with Crippen molar-refractivity contribution in [3.05, 3.63) is 20.8 Å². The largest absolute Gasteiger partial charge is 0.312 e. The SMILES string of the molecule is Brc1csc(CNCCCI)c1. The Morgan fingerprint density at radius 3 is 3.00 bits per heavy atom. The molecule has 12 heavy (non-hydrogen) atoms. The van der Waals surface area contributed by atoms with Crippen LogP contribution < -0.4 is 5.32 Å². The van der Waals surface area contributed by atoms with Gasteiger partial charge in [0, 0.05) is 25.7 Å². The molecule has 1 N–H and O–H groups in total. The fourth-order valence-corrected chi connectivity index (χ4v) is 2.65. The van der Waals surface area contributed by atoms with Crippen LogP contribution in [0.15, 0.2) is 15.9 Å². The molecule has 0 aliphatic heterocycles. The Morgan fingerprint density at radius 2 is 2.42 bits per heavy atom. The van der Waals surface area contributed by atoms with Crippen molar-refractivity contribution in [3.63, 3.8) is 0 Å². The van der Waals surface area contributed by atoms with Crippen molar-refractivity contribution in [2.45, 2.75) is 13.0 Å². The summed E-state index contributed by atoms with van der Waals surface area (Å²) < 4.78 is 2.43. The van der Waals surface area contributed by atoms with Gasteiger partial charge in [-0.05, 0) is 35.0 Å². The minimum absolute atomic E-state index is 1.01. The van der Waals surface area contributed by atoms with E-state index in [9.17, 15) is 0 Å². The molecule has 0 bridgehead atoms. The summed E-state index contributed by atoms with van der Waals surface area (Å²) in [7, 11) is 0. The molecule has 1 aromatic heterocycles. The third kappa shape index (κ3) is 4.20. The molecule has 1 rings (SSSR count). The lowest BCUT2D eigenvalue weighted by Gasteiger charge is -1.99. The highest BCUT2D eigenvalue weighted by Gasteiger charge is 1.95. The Morgan fingerprint density at radius 1 is 1.58 bits per heavy atom. The maximum Gasteiger partial charge on any atom is 0.0300 e. The van der Waals surface area contributed by atoms with Crippen molar-refractivity contribution < 1.29 is 0 Å². The fraction of sp³-hybridized carbons (Fsp3) is 0.500. The van der Waals surface area contributed by atoms with Crippen molar-refractivity contribution in [1.29, 1.82) is 0 Å². The van der Waals surface area contributed by atoms with Gasteiger partial charge in [0.1, 0.15) is 0 Å². The van der Waals surface area contributed by atoms with Gasteiger partial charge in [-0.15, -0.1) is 11.3 Å². The first-order valence-electron chi connectivity index (χ1n) is 3.82. The lowest BCUT2D eigenvalue weighted by molar-refractivity contribution is 0.688. The molecule has 0 amide bonds. The van der Waals surface area contributed by atoms with E-state index in [1.54, 1.807) is 11.3 Å². The number of thiophene rings is 1. The van der Waals surface area contributed by atoms with Gasteiger partial charge in [0.15, 0.2) is 0 Å². The highest BCUT2D eigenvalue weighted by molar-refractivity contribution is 14.1. The van der Waals surface area contributed by atoms with Gasteiger partial charge in [-0.3, -0.25) is 0 Å². The lowest BCUT2D eigenvalue weighted by atomic mass is 10.4. The number of hydrogen-bond donors (Lipinski definition) is 1. The molecule has 0 unspecified atom stereocenters. The zero-order valence-electron chi connectivity index (χ0n) is 6.65. The molecule has 0 atom stereocenters. The molecular formula is C8H11BrINS. The highest BCUT2D eigenvalue weighted by Crippen LogP contribution is 2.19. The number of nitrogens with one attached hydrogen (secondary N) is 1. The van der Waals surface area contributed by atoms with Crippen molar-refractivity contribution in [3.8, 4) is 0 Å². The van der Waals surface area contributed by atoms with Crippen LogP contribution in [0, 0.1) is 0 Å². The summed E-state index contributed by atoms with van der Waals surface area (Å²) >= 11 is 7.63. The molecule has 68 valence electrons. The predicted octanol–water partition coefficient (Wildman–Crippen LogP) is 3.43. The summed E-state index contributed by atoms with van der Waals surface area (Å²) in [6.07, 6.45) is 1.26. The van der Waals surface area contributed by atoms with Gasteiger partial charge < -0.3 is 5.32 Å². The molecule has 4 heteroatoms. The summed E-state index contributed by atoms with van der Waals surface area (Å²) in [5.41, 5.74) is 0. The van der Waals surface area contributed by atoms with Gasteiger partial charge in [-0.1, -0.05) is 22.6 Å². The second-order valence-electron chi connectivity index (χ2n) is 2.45. The Labute approximate surface area is 99.2 Å². The summed E-state index contributed by atoms with van der Waals surface area (Å²) in [4.78, 5) is 1.40. The first-order chi connectivity index (χ1) is 5.83. The maximum atomic E-state index is 3.44. The second kappa shape index (κ2) is 6.34. The van der Waals surface area contributed by atoms with E-state index in [1.165, 1.54) is 20.2 Å². The Bertz CT molecular complexity index is 227. The molecule has 0 spiro atoms. The normalized spacial score (nSPS) is 10.5. The van der Waals surface area contributed by atoms with E-state index in [0.29, 0.717) is 0 Å². The molecule has 0 aliphatic rings. The molecule has 0 aliphatic carbocycles. The minimum atomic E-state index is 1.01. The minimum Gasteiger partial charge on any atom is -0.312 e. The molecule has 0 radical (unpaired) electrons. The van der Waals surface area contributed by atoms with E-state index < -0.39 is 0 Å². The third-order valence-electron chi connectivity index (χ3n) is 1.41. The van der Waals surface area contributed by atoms with Crippen LogP contribution in [0.3, 0.4) is 0 Å². The van der Waals surface area contributed by atoms with Gasteiger partial charge in [-0.25, -0.2) is 0 Å². The average molecular weight is 360 g/mol. The van der Waals surface area contributed by atoms with Crippen molar-refractivity contribution in [2.75, 3.05) is 11.0 Å². The van der Waals surface area contributed by atoms with E-state index in [1.807, 2.05) is 0 Å². The average Bonchev–Trinajstić information content (AvgIpc) is 2.45. The molecule has 0 aromatic carbocycles. The first kappa shape index (κ1) is 10.9. The lowest BCUT2D eigenvalue weighted by Crippen LogP contribution is -2.13. The number of halogens is 2. The quantitative estimate of drug-likeness (QED) is 0.482. The molecule has 0 saturated carbocycles. The number of hydrogen-bond acceptors (Lipinski definition) is 2.